The molecule has 1 aromatic rings. The summed E-state index contributed by atoms with van der Waals surface area (Å²) >= 11 is 3.71. The van der Waals surface area contributed by atoms with Crippen molar-refractivity contribution < 1.29 is 8.78 Å². The molecule has 0 bridgehead atoms. The lowest BCUT2D eigenvalue weighted by molar-refractivity contribution is -0.0456. The van der Waals surface area contributed by atoms with E-state index in [1.165, 1.54) is 16.7 Å². The van der Waals surface area contributed by atoms with Gasteiger partial charge in [0.1, 0.15) is 0 Å². The molecule has 0 N–H and O–H groups in total. The second kappa shape index (κ2) is 5.90. The van der Waals surface area contributed by atoms with Crippen LogP contribution >= 0.6 is 15.9 Å². The Labute approximate surface area is 122 Å². The molecule has 1 fully saturated rings. The van der Waals surface area contributed by atoms with E-state index in [0.717, 1.165) is 6.42 Å². The van der Waals surface area contributed by atoms with E-state index in [0.29, 0.717) is 23.6 Å². The molecule has 0 amide bonds. The number of halogens is 3. The van der Waals surface area contributed by atoms with Crippen molar-refractivity contribution in [3.8, 4) is 0 Å². The fourth-order valence-corrected chi connectivity index (χ4v) is 3.65. The molecule has 0 aliphatic heterocycles. The average Bonchev–Trinajstić information content (AvgIpc) is 2.33. The van der Waals surface area contributed by atoms with E-state index in [9.17, 15) is 8.78 Å². The van der Waals surface area contributed by atoms with Crippen LogP contribution in [0.15, 0.2) is 18.2 Å². The van der Waals surface area contributed by atoms with Crippen LogP contribution in [0, 0.1) is 19.8 Å². The summed E-state index contributed by atoms with van der Waals surface area (Å²) in [5, 5.41) is 0. The number of aryl methyl sites for hydroxylation is 2. The van der Waals surface area contributed by atoms with Gasteiger partial charge in [0.15, 0.2) is 0 Å². The first-order valence-electron chi connectivity index (χ1n) is 6.95. The van der Waals surface area contributed by atoms with Gasteiger partial charge in [-0.2, -0.15) is 0 Å². The first-order chi connectivity index (χ1) is 8.87. The number of benzene rings is 1. The SMILES string of the molecule is Cc1ccc(CC(Br)C2CCC(F)(F)CC2)cc1C. The minimum Gasteiger partial charge on any atom is -0.207 e. The Hall–Kier alpha value is -0.440. The molecule has 1 aromatic carbocycles. The van der Waals surface area contributed by atoms with Crippen molar-refractivity contribution in [1.82, 2.24) is 0 Å². The molecule has 0 spiro atoms. The van der Waals surface area contributed by atoms with Crippen LogP contribution < -0.4 is 0 Å². The Morgan fingerprint density at radius 1 is 1.21 bits per heavy atom. The highest BCUT2D eigenvalue weighted by molar-refractivity contribution is 9.09. The lowest BCUT2D eigenvalue weighted by Crippen LogP contribution is -2.29. The van der Waals surface area contributed by atoms with Gasteiger partial charge in [0.05, 0.1) is 0 Å². The van der Waals surface area contributed by atoms with E-state index in [1.807, 2.05) is 0 Å². The van der Waals surface area contributed by atoms with Crippen LogP contribution in [0.25, 0.3) is 0 Å². The van der Waals surface area contributed by atoms with Crippen LogP contribution in [-0.4, -0.2) is 10.7 Å². The predicted molar refractivity (Wildman–Crippen MR) is 79.2 cm³/mol. The van der Waals surface area contributed by atoms with Crippen molar-refractivity contribution in [2.45, 2.75) is 56.7 Å². The fraction of sp³-hybridized carbons (Fsp3) is 0.625. The first-order valence-corrected chi connectivity index (χ1v) is 7.87. The number of hydrogen-bond acceptors (Lipinski definition) is 0. The quantitative estimate of drug-likeness (QED) is 0.648. The summed E-state index contributed by atoms with van der Waals surface area (Å²) in [5.74, 6) is -2.05. The second-order valence-corrected chi connectivity index (χ2v) is 7.01. The molecule has 0 heterocycles. The zero-order valence-electron chi connectivity index (χ0n) is 11.6. The molecule has 0 saturated heterocycles. The summed E-state index contributed by atoms with van der Waals surface area (Å²) in [4.78, 5) is 0.311. The van der Waals surface area contributed by atoms with Gasteiger partial charge in [-0.05, 0) is 55.7 Å². The van der Waals surface area contributed by atoms with Crippen molar-refractivity contribution in [3.05, 3.63) is 34.9 Å². The topological polar surface area (TPSA) is 0 Å². The summed E-state index contributed by atoms with van der Waals surface area (Å²) in [6.07, 6.45) is 2.29. The highest BCUT2D eigenvalue weighted by Gasteiger charge is 2.36. The number of alkyl halides is 3. The van der Waals surface area contributed by atoms with Gasteiger partial charge < -0.3 is 0 Å². The van der Waals surface area contributed by atoms with Crippen molar-refractivity contribution in [2.24, 2.45) is 5.92 Å². The Bertz CT molecular complexity index is 432. The fourth-order valence-electron chi connectivity index (χ4n) is 2.75. The maximum Gasteiger partial charge on any atom is 0.248 e. The predicted octanol–water partition coefficient (Wildman–Crippen LogP) is 5.43. The van der Waals surface area contributed by atoms with Crippen LogP contribution in [-0.2, 0) is 6.42 Å². The van der Waals surface area contributed by atoms with Crippen LogP contribution in [0.5, 0.6) is 0 Å². The van der Waals surface area contributed by atoms with Gasteiger partial charge in [-0.25, -0.2) is 8.78 Å². The third kappa shape index (κ3) is 4.01. The molecule has 0 radical (unpaired) electrons. The lowest BCUT2D eigenvalue weighted by Gasteiger charge is -2.31. The highest BCUT2D eigenvalue weighted by Crippen LogP contribution is 2.39. The third-order valence-electron chi connectivity index (χ3n) is 4.28. The Morgan fingerprint density at radius 2 is 1.84 bits per heavy atom. The molecule has 106 valence electrons. The molecule has 0 aromatic heterocycles. The number of hydrogen-bond donors (Lipinski definition) is 0. The zero-order chi connectivity index (χ0) is 14.0. The molecule has 0 nitrogen and oxygen atoms in total. The van der Waals surface area contributed by atoms with Gasteiger partial charge in [0.25, 0.3) is 0 Å². The molecular weight excluding hydrogens is 310 g/mol. The first kappa shape index (κ1) is 15.0. The summed E-state index contributed by atoms with van der Waals surface area (Å²) < 4.78 is 26.3. The third-order valence-corrected chi connectivity index (χ3v) is 5.35. The van der Waals surface area contributed by atoms with Crippen molar-refractivity contribution in [1.29, 1.82) is 0 Å². The van der Waals surface area contributed by atoms with Crippen molar-refractivity contribution >= 4 is 15.9 Å². The molecule has 1 aliphatic rings. The van der Waals surface area contributed by atoms with Crippen LogP contribution in [0.2, 0.25) is 0 Å². The molecule has 2 rings (SSSR count). The van der Waals surface area contributed by atoms with E-state index in [2.05, 4.69) is 48.0 Å². The molecule has 1 atom stereocenters. The Balaban J connectivity index is 1.94. The maximum absolute atomic E-state index is 13.2. The standard InChI is InChI=1S/C16H21BrF2/c1-11-3-4-13(9-12(11)2)10-15(17)14-5-7-16(18,19)8-6-14/h3-4,9,14-15H,5-8,10H2,1-2H3. The van der Waals surface area contributed by atoms with E-state index in [4.69, 9.17) is 0 Å². The Morgan fingerprint density at radius 3 is 2.42 bits per heavy atom. The van der Waals surface area contributed by atoms with Crippen LogP contribution in [0.4, 0.5) is 8.78 Å². The van der Waals surface area contributed by atoms with Crippen molar-refractivity contribution in [3.63, 3.8) is 0 Å². The lowest BCUT2D eigenvalue weighted by atomic mass is 9.83. The van der Waals surface area contributed by atoms with E-state index in [1.54, 1.807) is 0 Å². The van der Waals surface area contributed by atoms with Crippen LogP contribution in [0.1, 0.15) is 42.4 Å². The molecule has 3 heteroatoms. The minimum absolute atomic E-state index is 0.0483. The van der Waals surface area contributed by atoms with Gasteiger partial charge in [0.2, 0.25) is 5.92 Å². The van der Waals surface area contributed by atoms with Crippen LogP contribution in [0.3, 0.4) is 0 Å². The van der Waals surface area contributed by atoms with Gasteiger partial charge in [0, 0.05) is 17.7 Å². The normalized spacial score (nSPS) is 21.3. The second-order valence-electron chi connectivity index (χ2n) is 5.83. The Kier molecular flexibility index (Phi) is 4.65. The molecule has 1 aliphatic carbocycles. The highest BCUT2D eigenvalue weighted by atomic mass is 79.9. The molecule has 1 saturated carbocycles. The van der Waals surface area contributed by atoms with E-state index >= 15 is 0 Å². The monoisotopic (exact) mass is 330 g/mol. The minimum atomic E-state index is -2.43. The maximum atomic E-state index is 13.2. The smallest absolute Gasteiger partial charge is 0.207 e. The summed E-state index contributed by atoms with van der Waals surface area (Å²) in [6.45, 7) is 4.22. The van der Waals surface area contributed by atoms with E-state index < -0.39 is 5.92 Å². The summed E-state index contributed by atoms with van der Waals surface area (Å²) in [6, 6.07) is 6.49. The summed E-state index contributed by atoms with van der Waals surface area (Å²) in [5.41, 5.74) is 3.89. The summed E-state index contributed by atoms with van der Waals surface area (Å²) in [7, 11) is 0. The van der Waals surface area contributed by atoms with Gasteiger partial charge in [-0.3, -0.25) is 0 Å². The largest absolute Gasteiger partial charge is 0.248 e. The molecular formula is C16H21BrF2. The van der Waals surface area contributed by atoms with Crippen molar-refractivity contribution in [2.75, 3.05) is 0 Å². The molecule has 1 unspecified atom stereocenters. The van der Waals surface area contributed by atoms with E-state index in [-0.39, 0.29) is 12.8 Å². The van der Waals surface area contributed by atoms with Gasteiger partial charge >= 0.3 is 0 Å². The van der Waals surface area contributed by atoms with Gasteiger partial charge in [-0.15, -0.1) is 0 Å². The zero-order valence-corrected chi connectivity index (χ0v) is 13.1. The average molecular weight is 331 g/mol. The van der Waals surface area contributed by atoms with Gasteiger partial charge in [-0.1, -0.05) is 34.1 Å². The number of rotatable bonds is 3. The molecule has 19 heavy (non-hydrogen) atoms.